The first-order valence-electron chi connectivity index (χ1n) is 6.98. The molecule has 0 fully saturated rings. The van der Waals surface area contributed by atoms with Crippen LogP contribution in [0.5, 0.6) is 0 Å². The Hall–Kier alpha value is -1.88. The van der Waals surface area contributed by atoms with Gasteiger partial charge >= 0.3 is 5.97 Å². The highest BCUT2D eigenvalue weighted by Gasteiger charge is 2.12. The van der Waals surface area contributed by atoms with Crippen LogP contribution < -0.4 is 5.32 Å². The Morgan fingerprint density at radius 3 is 2.71 bits per heavy atom. The molecular weight excluding hydrogens is 284 g/mol. The zero-order valence-corrected chi connectivity index (χ0v) is 13.3. The van der Waals surface area contributed by atoms with Gasteiger partial charge in [0.25, 0.3) is 0 Å². The van der Waals surface area contributed by atoms with Crippen LogP contribution in [0.2, 0.25) is 0 Å². The first-order valence-corrected chi connectivity index (χ1v) is 7.93. The van der Waals surface area contributed by atoms with Crippen molar-refractivity contribution in [3.05, 3.63) is 45.8 Å². The van der Waals surface area contributed by atoms with E-state index >= 15 is 0 Å². The van der Waals surface area contributed by atoms with E-state index in [2.05, 4.69) is 34.1 Å². The van der Waals surface area contributed by atoms with Crippen LogP contribution in [0.15, 0.2) is 29.0 Å². The van der Waals surface area contributed by atoms with E-state index in [-0.39, 0.29) is 17.5 Å². The maximum Gasteiger partial charge on any atom is 0.335 e. The number of pyridine rings is 1. The van der Waals surface area contributed by atoms with Crippen molar-refractivity contribution < 1.29 is 9.90 Å². The molecule has 0 aliphatic heterocycles. The van der Waals surface area contributed by atoms with Gasteiger partial charge in [-0.05, 0) is 53.8 Å². The molecule has 0 spiro atoms. The van der Waals surface area contributed by atoms with Crippen LogP contribution in [-0.4, -0.2) is 22.1 Å². The lowest BCUT2D eigenvalue weighted by molar-refractivity contribution is 0.0696. The van der Waals surface area contributed by atoms with E-state index in [4.69, 9.17) is 0 Å². The van der Waals surface area contributed by atoms with Crippen molar-refractivity contribution in [2.45, 2.75) is 39.2 Å². The lowest BCUT2D eigenvalue weighted by Crippen LogP contribution is -2.19. The molecule has 0 aromatic carbocycles. The molecule has 0 bridgehead atoms. The van der Waals surface area contributed by atoms with Gasteiger partial charge in [0.05, 0.1) is 5.56 Å². The number of carboxylic acid groups (broad SMARTS) is 1. The van der Waals surface area contributed by atoms with Crippen LogP contribution >= 0.6 is 11.3 Å². The summed E-state index contributed by atoms with van der Waals surface area (Å²) >= 11 is 1.68. The predicted molar refractivity (Wildman–Crippen MR) is 86.4 cm³/mol. The molecule has 4 nitrogen and oxygen atoms in total. The largest absolute Gasteiger partial charge is 0.478 e. The van der Waals surface area contributed by atoms with Gasteiger partial charge in [0.1, 0.15) is 5.82 Å². The van der Waals surface area contributed by atoms with E-state index in [0.717, 1.165) is 12.1 Å². The van der Waals surface area contributed by atoms with E-state index in [1.807, 2.05) is 13.8 Å². The number of nitrogens with zero attached hydrogens (tertiary/aromatic N) is 1. The SMILES string of the molecule is CC(Cc1ccsc1)Nc1cc(C(=O)O)cc(C(C)C)n1. The molecule has 1 unspecified atom stereocenters. The minimum absolute atomic E-state index is 0.191. The number of thiophene rings is 1. The second kappa shape index (κ2) is 6.72. The van der Waals surface area contributed by atoms with Crippen molar-refractivity contribution in [3.8, 4) is 0 Å². The third kappa shape index (κ3) is 4.29. The first-order chi connectivity index (χ1) is 9.95. The molecule has 2 heterocycles. The highest BCUT2D eigenvalue weighted by molar-refractivity contribution is 7.07. The van der Waals surface area contributed by atoms with Gasteiger partial charge in [-0.25, -0.2) is 9.78 Å². The zero-order valence-electron chi connectivity index (χ0n) is 12.5. The molecule has 5 heteroatoms. The number of aromatic nitrogens is 1. The fourth-order valence-corrected chi connectivity index (χ4v) is 2.79. The molecular formula is C16H20N2O2S. The third-order valence-electron chi connectivity index (χ3n) is 3.20. The van der Waals surface area contributed by atoms with E-state index < -0.39 is 5.97 Å². The predicted octanol–water partition coefficient (Wildman–Crippen LogP) is 4.01. The molecule has 2 rings (SSSR count). The van der Waals surface area contributed by atoms with Crippen molar-refractivity contribution in [2.75, 3.05) is 5.32 Å². The molecule has 2 N–H and O–H groups in total. The summed E-state index contributed by atoms with van der Waals surface area (Å²) in [6, 6.07) is 5.53. The summed E-state index contributed by atoms with van der Waals surface area (Å²) in [4.78, 5) is 15.7. The lowest BCUT2D eigenvalue weighted by atomic mass is 10.1. The third-order valence-corrected chi connectivity index (χ3v) is 3.93. The molecule has 2 aromatic rings. The number of anilines is 1. The lowest BCUT2D eigenvalue weighted by Gasteiger charge is -2.16. The van der Waals surface area contributed by atoms with Gasteiger partial charge in [0.2, 0.25) is 0 Å². The van der Waals surface area contributed by atoms with Gasteiger partial charge in [-0.3, -0.25) is 0 Å². The summed E-state index contributed by atoms with van der Waals surface area (Å²) in [5.74, 6) is -0.105. The molecule has 0 aliphatic carbocycles. The number of carboxylic acids is 1. The standard InChI is InChI=1S/C16H20N2O2S/c1-10(2)14-7-13(16(19)20)8-15(18-14)17-11(3)6-12-4-5-21-9-12/h4-5,7-11H,6H2,1-3H3,(H,17,18)(H,19,20). The second-order valence-corrected chi connectivity index (χ2v) is 6.29. The highest BCUT2D eigenvalue weighted by atomic mass is 32.1. The quantitative estimate of drug-likeness (QED) is 0.846. The number of aromatic carboxylic acids is 1. The fourth-order valence-electron chi connectivity index (χ4n) is 2.11. The van der Waals surface area contributed by atoms with E-state index in [1.165, 1.54) is 5.56 Å². The van der Waals surface area contributed by atoms with Gasteiger partial charge < -0.3 is 10.4 Å². The molecule has 0 saturated carbocycles. The highest BCUT2D eigenvalue weighted by Crippen LogP contribution is 2.19. The minimum atomic E-state index is -0.923. The van der Waals surface area contributed by atoms with Crippen LogP contribution in [0.4, 0.5) is 5.82 Å². The van der Waals surface area contributed by atoms with E-state index in [1.54, 1.807) is 23.5 Å². The topological polar surface area (TPSA) is 62.2 Å². The number of nitrogens with one attached hydrogen (secondary N) is 1. The van der Waals surface area contributed by atoms with Gasteiger partial charge in [-0.2, -0.15) is 11.3 Å². The number of rotatable bonds is 6. The Bertz CT molecular complexity index is 609. The number of hydrogen-bond donors (Lipinski definition) is 2. The average molecular weight is 304 g/mol. The Labute approximate surface area is 128 Å². The molecule has 0 radical (unpaired) electrons. The van der Waals surface area contributed by atoms with Crippen LogP contribution in [-0.2, 0) is 6.42 Å². The molecule has 0 saturated heterocycles. The van der Waals surface area contributed by atoms with Crippen molar-refractivity contribution in [3.63, 3.8) is 0 Å². The fraction of sp³-hybridized carbons (Fsp3) is 0.375. The molecule has 112 valence electrons. The summed E-state index contributed by atoms with van der Waals surface area (Å²) in [5, 5.41) is 16.7. The van der Waals surface area contributed by atoms with Crippen LogP contribution in [0, 0.1) is 0 Å². The molecule has 2 aromatic heterocycles. The zero-order chi connectivity index (χ0) is 15.4. The summed E-state index contributed by atoms with van der Waals surface area (Å²) in [6.07, 6.45) is 0.888. The van der Waals surface area contributed by atoms with E-state index in [0.29, 0.717) is 5.82 Å². The summed E-state index contributed by atoms with van der Waals surface area (Å²) < 4.78 is 0. The van der Waals surface area contributed by atoms with Gasteiger partial charge in [0, 0.05) is 11.7 Å². The summed E-state index contributed by atoms with van der Waals surface area (Å²) in [5.41, 5.74) is 2.34. The van der Waals surface area contributed by atoms with Gasteiger partial charge in [-0.15, -0.1) is 0 Å². The summed E-state index contributed by atoms with van der Waals surface area (Å²) in [7, 11) is 0. The first kappa shape index (κ1) is 15.5. The number of hydrogen-bond acceptors (Lipinski definition) is 4. The smallest absolute Gasteiger partial charge is 0.335 e. The van der Waals surface area contributed by atoms with Gasteiger partial charge in [-0.1, -0.05) is 13.8 Å². The van der Waals surface area contributed by atoms with Crippen LogP contribution in [0.25, 0.3) is 0 Å². The molecule has 21 heavy (non-hydrogen) atoms. The van der Waals surface area contributed by atoms with Crippen LogP contribution in [0.3, 0.4) is 0 Å². The number of carbonyl (C=O) groups is 1. The molecule has 1 atom stereocenters. The van der Waals surface area contributed by atoms with E-state index in [9.17, 15) is 9.90 Å². The monoisotopic (exact) mass is 304 g/mol. The molecule has 0 amide bonds. The Balaban J connectivity index is 2.16. The Morgan fingerprint density at radius 1 is 1.38 bits per heavy atom. The van der Waals surface area contributed by atoms with Crippen molar-refractivity contribution in [2.24, 2.45) is 0 Å². The normalized spacial score (nSPS) is 12.4. The average Bonchev–Trinajstić information content (AvgIpc) is 2.90. The maximum atomic E-state index is 11.2. The van der Waals surface area contributed by atoms with Crippen molar-refractivity contribution >= 4 is 23.1 Å². The summed E-state index contributed by atoms with van der Waals surface area (Å²) in [6.45, 7) is 6.08. The maximum absolute atomic E-state index is 11.2. The Morgan fingerprint density at radius 2 is 2.14 bits per heavy atom. The van der Waals surface area contributed by atoms with Crippen molar-refractivity contribution in [1.29, 1.82) is 0 Å². The van der Waals surface area contributed by atoms with Crippen molar-refractivity contribution in [1.82, 2.24) is 4.98 Å². The molecule has 0 aliphatic rings. The second-order valence-electron chi connectivity index (χ2n) is 5.51. The van der Waals surface area contributed by atoms with Crippen LogP contribution in [0.1, 0.15) is 48.3 Å². The Kier molecular flexibility index (Phi) is 4.96. The minimum Gasteiger partial charge on any atom is -0.478 e. The van der Waals surface area contributed by atoms with Gasteiger partial charge in [0.15, 0.2) is 0 Å².